The summed E-state index contributed by atoms with van der Waals surface area (Å²) in [5.41, 5.74) is -0.550. The second-order valence-corrected chi connectivity index (χ2v) is 7.16. The lowest BCUT2D eigenvalue weighted by Crippen LogP contribution is -2.44. The number of aliphatic hydroxyl groups is 1. The summed E-state index contributed by atoms with van der Waals surface area (Å²) in [5.74, 6) is -2.52. The number of rotatable bonds is 7. The van der Waals surface area contributed by atoms with E-state index in [2.05, 4.69) is 5.32 Å². The van der Waals surface area contributed by atoms with Gasteiger partial charge in [0.2, 0.25) is 5.91 Å². The van der Waals surface area contributed by atoms with Crippen LogP contribution in [0.15, 0.2) is 30.3 Å². The van der Waals surface area contributed by atoms with Crippen LogP contribution in [-0.4, -0.2) is 29.8 Å². The van der Waals surface area contributed by atoms with Gasteiger partial charge in [0.15, 0.2) is 0 Å². The molecule has 1 amide bonds. The Balaban J connectivity index is 2.74. The van der Waals surface area contributed by atoms with E-state index in [-0.39, 0.29) is 18.0 Å². The predicted molar refractivity (Wildman–Crippen MR) is 87.5 cm³/mol. The van der Waals surface area contributed by atoms with E-state index in [1.807, 2.05) is 13.8 Å². The van der Waals surface area contributed by atoms with Crippen LogP contribution in [0, 0.1) is 11.3 Å². The third kappa shape index (κ3) is 5.82. The summed E-state index contributed by atoms with van der Waals surface area (Å²) >= 11 is 0. The molecule has 0 saturated carbocycles. The van der Waals surface area contributed by atoms with Crippen LogP contribution < -0.4 is 5.32 Å². The average molecular weight is 345 g/mol. The van der Waals surface area contributed by atoms with E-state index in [1.165, 1.54) is 24.3 Å². The second-order valence-electron chi connectivity index (χ2n) is 7.16. The van der Waals surface area contributed by atoms with E-state index in [4.69, 9.17) is 0 Å². The molecule has 0 aromatic heterocycles. The molecule has 0 aliphatic rings. The number of carbonyl (C=O) groups is 1. The molecule has 0 bridgehead atoms. The Morgan fingerprint density at radius 3 is 2.17 bits per heavy atom. The minimum Gasteiger partial charge on any atom is -0.392 e. The number of halogens is 3. The Kier molecular flexibility index (Phi) is 6.84. The minimum absolute atomic E-state index is 0.0101. The fourth-order valence-corrected chi connectivity index (χ4v) is 2.70. The van der Waals surface area contributed by atoms with Gasteiger partial charge in [-0.2, -0.15) is 13.2 Å². The number of nitrogens with one attached hydrogen (secondary N) is 1. The van der Waals surface area contributed by atoms with Crippen LogP contribution in [0.25, 0.3) is 0 Å². The van der Waals surface area contributed by atoms with Crippen LogP contribution in [0.2, 0.25) is 0 Å². The van der Waals surface area contributed by atoms with Gasteiger partial charge in [-0.1, -0.05) is 58.0 Å². The molecule has 0 aliphatic carbocycles. The minimum atomic E-state index is -4.49. The molecule has 1 aromatic carbocycles. The summed E-state index contributed by atoms with van der Waals surface area (Å²) in [5, 5.41) is 12.7. The number of carbonyl (C=O) groups excluding carboxylic acids is 1. The highest BCUT2D eigenvalue weighted by Crippen LogP contribution is 2.37. The van der Waals surface area contributed by atoms with Crippen molar-refractivity contribution in [1.82, 2.24) is 5.32 Å². The molecular weight excluding hydrogens is 319 g/mol. The summed E-state index contributed by atoms with van der Waals surface area (Å²) in [6.07, 6.45) is -5.82. The fraction of sp³-hybridized carbons (Fsp3) is 0.611. The highest BCUT2D eigenvalue weighted by molar-refractivity contribution is 5.77. The van der Waals surface area contributed by atoms with Crippen LogP contribution >= 0.6 is 0 Å². The van der Waals surface area contributed by atoms with Crippen LogP contribution in [0.5, 0.6) is 0 Å². The quantitative estimate of drug-likeness (QED) is 0.788. The van der Waals surface area contributed by atoms with Crippen molar-refractivity contribution in [2.75, 3.05) is 6.54 Å². The van der Waals surface area contributed by atoms with Crippen LogP contribution in [-0.2, 0) is 4.79 Å². The molecule has 0 fully saturated rings. The first-order chi connectivity index (χ1) is 10.9. The Hall–Kier alpha value is -1.56. The van der Waals surface area contributed by atoms with E-state index in [0.717, 1.165) is 0 Å². The number of hydrogen-bond donors (Lipinski definition) is 2. The van der Waals surface area contributed by atoms with Gasteiger partial charge in [-0.25, -0.2) is 0 Å². The molecule has 136 valence electrons. The van der Waals surface area contributed by atoms with Crippen molar-refractivity contribution in [3.05, 3.63) is 35.9 Å². The van der Waals surface area contributed by atoms with Gasteiger partial charge in [0.25, 0.3) is 0 Å². The smallest absolute Gasteiger partial charge is 0.392 e. The van der Waals surface area contributed by atoms with E-state index >= 15 is 0 Å². The third-order valence-electron chi connectivity index (χ3n) is 4.16. The largest absolute Gasteiger partial charge is 0.396 e. The Labute approximate surface area is 141 Å². The Bertz CT molecular complexity index is 527. The van der Waals surface area contributed by atoms with Gasteiger partial charge in [0.05, 0.1) is 12.0 Å². The lowest BCUT2D eigenvalue weighted by molar-refractivity contribution is -0.157. The zero-order chi connectivity index (χ0) is 18.5. The average Bonchev–Trinajstić information content (AvgIpc) is 2.49. The van der Waals surface area contributed by atoms with Crippen LogP contribution in [0.4, 0.5) is 13.2 Å². The summed E-state index contributed by atoms with van der Waals surface area (Å²) < 4.78 is 39.8. The molecule has 1 rings (SSSR count). The topological polar surface area (TPSA) is 49.3 Å². The molecule has 3 nitrogen and oxygen atoms in total. The van der Waals surface area contributed by atoms with Crippen molar-refractivity contribution in [3.63, 3.8) is 0 Å². The normalized spacial score (nSPS) is 15.2. The maximum absolute atomic E-state index is 13.3. The van der Waals surface area contributed by atoms with Crippen molar-refractivity contribution < 1.29 is 23.1 Å². The van der Waals surface area contributed by atoms with E-state index < -0.39 is 35.9 Å². The molecule has 0 heterocycles. The molecule has 24 heavy (non-hydrogen) atoms. The summed E-state index contributed by atoms with van der Waals surface area (Å²) in [6, 6.07) is 7.42. The summed E-state index contributed by atoms with van der Waals surface area (Å²) in [7, 11) is 0. The predicted octanol–water partition coefficient (Wildman–Crippen LogP) is 3.88. The van der Waals surface area contributed by atoms with Gasteiger partial charge in [-0.3, -0.25) is 4.79 Å². The van der Waals surface area contributed by atoms with Crippen molar-refractivity contribution in [2.24, 2.45) is 11.3 Å². The van der Waals surface area contributed by atoms with Crippen molar-refractivity contribution in [2.45, 2.75) is 52.3 Å². The van der Waals surface area contributed by atoms with E-state index in [9.17, 15) is 23.1 Å². The Morgan fingerprint density at radius 2 is 1.71 bits per heavy atom. The van der Waals surface area contributed by atoms with Crippen molar-refractivity contribution in [1.29, 1.82) is 0 Å². The van der Waals surface area contributed by atoms with Gasteiger partial charge in [0, 0.05) is 18.4 Å². The van der Waals surface area contributed by atoms with Crippen LogP contribution in [0.3, 0.4) is 0 Å². The SMILES string of the molecule is CC(C)C(O)C(C)(C)CNC(=O)CC(c1ccccc1)C(F)(F)F. The molecule has 0 radical (unpaired) electrons. The number of aliphatic hydroxyl groups excluding tert-OH is 1. The highest BCUT2D eigenvalue weighted by atomic mass is 19.4. The van der Waals surface area contributed by atoms with Gasteiger partial charge >= 0.3 is 6.18 Å². The van der Waals surface area contributed by atoms with Gasteiger partial charge in [0.1, 0.15) is 0 Å². The number of alkyl halides is 3. The molecule has 6 heteroatoms. The summed E-state index contributed by atoms with van der Waals surface area (Å²) in [4.78, 5) is 12.0. The number of amides is 1. The molecule has 0 spiro atoms. The number of benzene rings is 1. The highest BCUT2D eigenvalue weighted by Gasteiger charge is 2.42. The van der Waals surface area contributed by atoms with Crippen molar-refractivity contribution in [3.8, 4) is 0 Å². The van der Waals surface area contributed by atoms with E-state index in [0.29, 0.717) is 0 Å². The van der Waals surface area contributed by atoms with Gasteiger partial charge in [-0.05, 0) is 11.5 Å². The first-order valence-corrected chi connectivity index (χ1v) is 8.01. The van der Waals surface area contributed by atoms with Gasteiger partial charge in [-0.15, -0.1) is 0 Å². The lowest BCUT2D eigenvalue weighted by Gasteiger charge is -2.33. The maximum Gasteiger partial charge on any atom is 0.396 e. The zero-order valence-electron chi connectivity index (χ0n) is 14.5. The molecule has 2 N–H and O–H groups in total. The zero-order valence-corrected chi connectivity index (χ0v) is 14.5. The molecule has 0 saturated heterocycles. The Morgan fingerprint density at radius 1 is 1.17 bits per heavy atom. The standard InChI is InChI=1S/C18H26F3NO2/c1-12(2)16(24)17(3,4)11-22-15(23)10-14(18(19,20)21)13-8-6-5-7-9-13/h5-9,12,14,16,24H,10-11H2,1-4H3,(H,22,23). The molecule has 1 aromatic rings. The maximum atomic E-state index is 13.3. The number of hydrogen-bond acceptors (Lipinski definition) is 2. The first-order valence-electron chi connectivity index (χ1n) is 8.01. The summed E-state index contributed by atoms with van der Waals surface area (Å²) in [6.45, 7) is 7.37. The van der Waals surface area contributed by atoms with Gasteiger partial charge < -0.3 is 10.4 Å². The fourth-order valence-electron chi connectivity index (χ4n) is 2.70. The molecule has 0 aliphatic heterocycles. The van der Waals surface area contributed by atoms with E-state index in [1.54, 1.807) is 19.9 Å². The lowest BCUT2D eigenvalue weighted by atomic mass is 9.80. The molecular formula is C18H26F3NO2. The van der Waals surface area contributed by atoms with Crippen LogP contribution in [0.1, 0.15) is 45.6 Å². The molecule has 2 atom stereocenters. The first kappa shape index (κ1) is 20.5. The molecule has 2 unspecified atom stereocenters. The third-order valence-corrected chi connectivity index (χ3v) is 4.16. The monoisotopic (exact) mass is 345 g/mol. The van der Waals surface area contributed by atoms with Crippen molar-refractivity contribution >= 4 is 5.91 Å². The second kappa shape index (κ2) is 8.01.